The van der Waals surface area contributed by atoms with Crippen molar-refractivity contribution in [2.75, 3.05) is 7.05 Å². The van der Waals surface area contributed by atoms with Crippen LogP contribution >= 0.6 is 0 Å². The Morgan fingerprint density at radius 3 is 2.08 bits per heavy atom. The van der Waals surface area contributed by atoms with Gasteiger partial charge in [-0.2, -0.15) is 0 Å². The zero-order chi connectivity index (χ0) is 19.1. The number of hydrogen-bond acceptors (Lipinski definition) is 4. The van der Waals surface area contributed by atoms with Gasteiger partial charge in [0.2, 0.25) is 0 Å². The summed E-state index contributed by atoms with van der Waals surface area (Å²) in [6.07, 6.45) is 6.42. The van der Waals surface area contributed by atoms with E-state index in [1.165, 1.54) is 23.5 Å². The number of rotatable bonds is 4. The number of aromatic nitrogens is 2. The van der Waals surface area contributed by atoms with Gasteiger partial charge in [-0.05, 0) is 52.4 Å². The zero-order valence-electron chi connectivity index (χ0n) is 17.6. The quantitative estimate of drug-likeness (QED) is 0.846. The van der Waals surface area contributed by atoms with Crippen LogP contribution < -0.4 is 5.32 Å². The molecule has 0 aliphatic carbocycles. The molecule has 0 spiro atoms. The highest BCUT2D eigenvalue weighted by atomic mass is 15.1. The Kier molecular flexibility index (Phi) is 8.14. The molecule has 0 saturated carbocycles. The van der Waals surface area contributed by atoms with Gasteiger partial charge in [-0.25, -0.2) is 0 Å². The fraction of sp³-hybridized carbons (Fsp3) is 0.619. The highest BCUT2D eigenvalue weighted by molar-refractivity contribution is 5.18. The van der Waals surface area contributed by atoms with Gasteiger partial charge in [0.25, 0.3) is 0 Å². The first kappa shape index (κ1) is 21.2. The summed E-state index contributed by atoms with van der Waals surface area (Å²) in [4.78, 5) is 11.2. The van der Waals surface area contributed by atoms with Crippen molar-refractivity contribution in [2.45, 2.75) is 68.2 Å². The van der Waals surface area contributed by atoms with Crippen molar-refractivity contribution >= 4 is 0 Å². The summed E-state index contributed by atoms with van der Waals surface area (Å²) >= 11 is 0. The number of allylic oxidation sites excluding steroid dienone is 2. The Balaban J connectivity index is 0.000000257. The van der Waals surface area contributed by atoms with Crippen LogP contribution in [0.15, 0.2) is 23.8 Å². The Labute approximate surface area is 154 Å². The van der Waals surface area contributed by atoms with Crippen molar-refractivity contribution in [2.24, 2.45) is 11.8 Å². The molecule has 2 heterocycles. The molecule has 2 rings (SSSR count). The first-order valence-electron chi connectivity index (χ1n) is 9.30. The van der Waals surface area contributed by atoms with Gasteiger partial charge in [0.15, 0.2) is 0 Å². The third-order valence-corrected chi connectivity index (χ3v) is 4.50. The maximum atomic E-state index is 4.58. The van der Waals surface area contributed by atoms with Crippen LogP contribution in [-0.4, -0.2) is 21.9 Å². The molecule has 0 amide bonds. The summed E-state index contributed by atoms with van der Waals surface area (Å²) < 4.78 is 0. The summed E-state index contributed by atoms with van der Waals surface area (Å²) in [7, 11) is 2.06. The zero-order valence-corrected chi connectivity index (χ0v) is 17.6. The molecule has 0 unspecified atom stereocenters. The second kappa shape index (κ2) is 9.59. The first-order valence-corrected chi connectivity index (χ1v) is 9.30. The maximum Gasteiger partial charge on any atom is 0.0619 e. The van der Waals surface area contributed by atoms with E-state index < -0.39 is 0 Å². The fourth-order valence-corrected chi connectivity index (χ4v) is 2.38. The molecule has 4 nitrogen and oxygen atoms in total. The van der Waals surface area contributed by atoms with Crippen LogP contribution in [0.25, 0.3) is 0 Å². The Hall–Kier alpha value is -1.84. The van der Waals surface area contributed by atoms with Crippen LogP contribution in [0.2, 0.25) is 0 Å². The minimum absolute atomic E-state index is 0.571. The lowest BCUT2D eigenvalue weighted by Gasteiger charge is -2.24. The Morgan fingerprint density at radius 1 is 0.960 bits per heavy atom. The number of nitrogens with one attached hydrogen (secondary N) is 1. The summed E-state index contributed by atoms with van der Waals surface area (Å²) in [5.74, 6) is 1.31. The van der Waals surface area contributed by atoms with E-state index in [-0.39, 0.29) is 0 Å². The van der Waals surface area contributed by atoms with Gasteiger partial charge in [-0.1, -0.05) is 27.7 Å². The van der Waals surface area contributed by atoms with Crippen LogP contribution in [0.4, 0.5) is 0 Å². The van der Waals surface area contributed by atoms with Gasteiger partial charge in [0.1, 0.15) is 0 Å². The molecular formula is C21H36N4. The number of hydrogen-bond donors (Lipinski definition) is 1. The monoisotopic (exact) mass is 344 g/mol. The van der Waals surface area contributed by atoms with Crippen LogP contribution in [0.3, 0.4) is 0 Å². The van der Waals surface area contributed by atoms with E-state index in [4.69, 9.17) is 0 Å². The fourth-order valence-electron chi connectivity index (χ4n) is 2.38. The molecule has 1 aromatic rings. The van der Waals surface area contributed by atoms with E-state index in [1.54, 1.807) is 0 Å². The van der Waals surface area contributed by atoms with Gasteiger partial charge < -0.3 is 10.2 Å². The second-order valence-electron chi connectivity index (χ2n) is 7.64. The Morgan fingerprint density at radius 2 is 1.56 bits per heavy atom. The van der Waals surface area contributed by atoms with Crippen molar-refractivity contribution < 1.29 is 0 Å². The maximum absolute atomic E-state index is 4.58. The summed E-state index contributed by atoms with van der Waals surface area (Å²) in [5, 5.41) is 3.26. The van der Waals surface area contributed by atoms with E-state index in [1.807, 2.05) is 20.0 Å². The van der Waals surface area contributed by atoms with Gasteiger partial charge in [-0.3, -0.25) is 9.97 Å². The molecule has 1 aliphatic rings. The van der Waals surface area contributed by atoms with Gasteiger partial charge >= 0.3 is 0 Å². The van der Waals surface area contributed by atoms with E-state index in [2.05, 4.69) is 75.0 Å². The minimum Gasteiger partial charge on any atom is -0.362 e. The third-order valence-electron chi connectivity index (χ3n) is 4.50. The summed E-state index contributed by atoms with van der Waals surface area (Å²) in [6.45, 7) is 17.0. The minimum atomic E-state index is 0.571. The van der Waals surface area contributed by atoms with Crippen LogP contribution in [0.1, 0.15) is 63.8 Å². The molecule has 0 saturated heterocycles. The van der Waals surface area contributed by atoms with Crippen LogP contribution in [-0.2, 0) is 6.42 Å². The average molecular weight is 345 g/mol. The summed E-state index contributed by atoms with van der Waals surface area (Å²) in [6, 6.07) is 0. The second-order valence-corrected chi connectivity index (χ2v) is 7.64. The molecule has 1 aliphatic heterocycles. The van der Waals surface area contributed by atoms with E-state index in [0.717, 1.165) is 29.4 Å². The van der Waals surface area contributed by atoms with Crippen molar-refractivity contribution in [3.05, 3.63) is 46.6 Å². The van der Waals surface area contributed by atoms with Gasteiger partial charge in [0, 0.05) is 30.8 Å². The predicted octanol–water partition coefficient (Wildman–Crippen LogP) is 4.87. The number of nitrogens with zero attached hydrogens (tertiary/aromatic N) is 3. The first-order chi connectivity index (χ1) is 11.6. The molecule has 0 aromatic carbocycles. The molecule has 4 heteroatoms. The lowest BCUT2D eigenvalue weighted by Crippen LogP contribution is -2.23. The largest absolute Gasteiger partial charge is 0.362 e. The van der Waals surface area contributed by atoms with Crippen molar-refractivity contribution in [3.63, 3.8) is 0 Å². The smallest absolute Gasteiger partial charge is 0.0619 e. The predicted molar refractivity (Wildman–Crippen MR) is 107 cm³/mol. The molecule has 140 valence electrons. The van der Waals surface area contributed by atoms with Crippen LogP contribution in [0, 0.1) is 32.6 Å². The molecular weight excluding hydrogens is 308 g/mol. The van der Waals surface area contributed by atoms with Crippen LogP contribution in [0.5, 0.6) is 0 Å². The molecule has 0 atom stereocenters. The van der Waals surface area contributed by atoms with Crippen molar-refractivity contribution in [1.29, 1.82) is 0 Å². The van der Waals surface area contributed by atoms with E-state index in [9.17, 15) is 0 Å². The van der Waals surface area contributed by atoms with E-state index >= 15 is 0 Å². The molecule has 0 bridgehead atoms. The SMILES string of the molecule is CC1=CNC(C(C)C)=CN1C.Cc1nc(C)c(CCC(C)C)nc1C. The van der Waals surface area contributed by atoms with Gasteiger partial charge in [-0.15, -0.1) is 0 Å². The number of aryl methyl sites for hydroxylation is 4. The molecule has 0 radical (unpaired) electrons. The van der Waals surface area contributed by atoms with E-state index in [0.29, 0.717) is 5.92 Å². The van der Waals surface area contributed by atoms with Crippen molar-refractivity contribution in [1.82, 2.24) is 20.2 Å². The molecule has 1 N–H and O–H groups in total. The highest BCUT2D eigenvalue weighted by Crippen LogP contribution is 2.14. The molecule has 1 aromatic heterocycles. The van der Waals surface area contributed by atoms with Gasteiger partial charge in [0.05, 0.1) is 22.8 Å². The average Bonchev–Trinajstić information content (AvgIpc) is 2.52. The topological polar surface area (TPSA) is 41.0 Å². The highest BCUT2D eigenvalue weighted by Gasteiger charge is 2.08. The third kappa shape index (κ3) is 6.89. The normalized spacial score (nSPS) is 14.0. The standard InChI is InChI=1S/C12H20N2.C9H16N2/c1-8(2)6-7-12-11(5)13-9(3)10(4)14-12;1-7(2)9-6-11(4)8(3)5-10-9/h8H,6-7H2,1-5H3;5-7,10H,1-4H3. The Bertz CT molecular complexity index is 627. The summed E-state index contributed by atoms with van der Waals surface area (Å²) in [5.41, 5.74) is 6.90. The lowest BCUT2D eigenvalue weighted by atomic mass is 10.1. The lowest BCUT2D eigenvalue weighted by molar-refractivity contribution is 0.518. The molecule has 0 fully saturated rings. The van der Waals surface area contributed by atoms with Crippen molar-refractivity contribution in [3.8, 4) is 0 Å². The molecule has 25 heavy (non-hydrogen) atoms.